The molecule has 0 N–H and O–H groups in total. The molecule has 0 spiro atoms. The number of esters is 1. The van der Waals surface area contributed by atoms with Crippen LogP contribution in [0.1, 0.15) is 48.8 Å². The molecule has 0 atom stereocenters. The Bertz CT molecular complexity index is 482. The largest absolute Gasteiger partial charge is 0.451 e. The predicted octanol–water partition coefficient (Wildman–Crippen LogP) is 4.19. The Morgan fingerprint density at radius 2 is 1.95 bits per heavy atom. The highest BCUT2D eigenvalue weighted by Gasteiger charge is 2.38. The van der Waals surface area contributed by atoms with Crippen molar-refractivity contribution in [2.75, 3.05) is 0 Å². The zero-order valence-electron chi connectivity index (χ0n) is 11.9. The first-order chi connectivity index (χ1) is 9.07. The third-order valence-corrected chi connectivity index (χ3v) is 4.01. The van der Waals surface area contributed by atoms with Crippen molar-refractivity contribution in [3.8, 4) is 0 Å². The van der Waals surface area contributed by atoms with Gasteiger partial charge < -0.3 is 4.74 Å². The summed E-state index contributed by atoms with van der Waals surface area (Å²) in [5.74, 6) is -0.317. The molecule has 0 heterocycles. The standard InChI is InChI=1S/C17H22O2/c1-4-16(18)19-17(10-6-5-7-11-17)15-12-13(2)8-9-14(15)3/h4,8-9,12H,1,5-7,10-11H2,2-3H3. The summed E-state index contributed by atoms with van der Waals surface area (Å²) in [5.41, 5.74) is 3.13. The molecule has 0 saturated heterocycles. The number of rotatable bonds is 3. The molecule has 0 unspecified atom stereocenters. The molecule has 1 aromatic carbocycles. The summed E-state index contributed by atoms with van der Waals surface area (Å²) in [4.78, 5) is 11.7. The maximum absolute atomic E-state index is 11.7. The van der Waals surface area contributed by atoms with Crippen LogP contribution in [0.5, 0.6) is 0 Å². The van der Waals surface area contributed by atoms with Gasteiger partial charge in [-0.1, -0.05) is 36.8 Å². The zero-order valence-corrected chi connectivity index (χ0v) is 11.9. The molecule has 0 aliphatic heterocycles. The van der Waals surface area contributed by atoms with Gasteiger partial charge in [0.15, 0.2) is 0 Å². The third kappa shape index (κ3) is 2.89. The zero-order chi connectivity index (χ0) is 13.9. The fourth-order valence-electron chi connectivity index (χ4n) is 3.01. The van der Waals surface area contributed by atoms with Crippen LogP contribution in [0.3, 0.4) is 0 Å². The van der Waals surface area contributed by atoms with E-state index in [1.807, 2.05) is 0 Å². The second-order valence-electron chi connectivity index (χ2n) is 5.50. The predicted molar refractivity (Wildman–Crippen MR) is 77.0 cm³/mol. The first-order valence-corrected chi connectivity index (χ1v) is 7.00. The molecule has 0 radical (unpaired) electrons. The van der Waals surface area contributed by atoms with E-state index >= 15 is 0 Å². The van der Waals surface area contributed by atoms with E-state index in [1.54, 1.807) is 0 Å². The summed E-state index contributed by atoms with van der Waals surface area (Å²) in [6.45, 7) is 7.68. The van der Waals surface area contributed by atoms with E-state index < -0.39 is 5.60 Å². The second-order valence-corrected chi connectivity index (χ2v) is 5.50. The molecule has 2 heteroatoms. The van der Waals surface area contributed by atoms with E-state index in [-0.39, 0.29) is 5.97 Å². The number of hydrogen-bond donors (Lipinski definition) is 0. The maximum Gasteiger partial charge on any atom is 0.331 e. The van der Waals surface area contributed by atoms with E-state index in [0.29, 0.717) is 0 Å². The van der Waals surface area contributed by atoms with Crippen molar-refractivity contribution in [3.63, 3.8) is 0 Å². The number of ether oxygens (including phenoxy) is 1. The maximum atomic E-state index is 11.7. The van der Waals surface area contributed by atoms with E-state index in [0.717, 1.165) is 25.7 Å². The lowest BCUT2D eigenvalue weighted by Crippen LogP contribution is -2.35. The molecule has 2 nitrogen and oxygen atoms in total. The fourth-order valence-corrected chi connectivity index (χ4v) is 3.01. The first-order valence-electron chi connectivity index (χ1n) is 7.00. The summed E-state index contributed by atoms with van der Waals surface area (Å²) < 4.78 is 5.79. The van der Waals surface area contributed by atoms with Crippen molar-refractivity contribution >= 4 is 5.97 Å². The minimum Gasteiger partial charge on any atom is -0.451 e. The number of carbonyl (C=O) groups is 1. The summed E-state index contributed by atoms with van der Waals surface area (Å²) in [6.07, 6.45) is 6.53. The average Bonchev–Trinajstić information content (AvgIpc) is 2.42. The van der Waals surface area contributed by atoms with E-state index in [1.165, 1.54) is 29.2 Å². The lowest BCUT2D eigenvalue weighted by molar-refractivity contribution is -0.158. The molecule has 0 bridgehead atoms. The van der Waals surface area contributed by atoms with Crippen LogP contribution >= 0.6 is 0 Å². The highest BCUT2D eigenvalue weighted by atomic mass is 16.6. The highest BCUT2D eigenvalue weighted by Crippen LogP contribution is 2.42. The highest BCUT2D eigenvalue weighted by molar-refractivity contribution is 5.81. The molecule has 1 aliphatic rings. The number of aryl methyl sites for hydroxylation is 2. The molecule has 0 amide bonds. The van der Waals surface area contributed by atoms with Crippen molar-refractivity contribution in [2.24, 2.45) is 0 Å². The summed E-state index contributed by atoms with van der Waals surface area (Å²) in [7, 11) is 0. The van der Waals surface area contributed by atoms with Crippen LogP contribution in [0.2, 0.25) is 0 Å². The van der Waals surface area contributed by atoms with Gasteiger partial charge in [-0.15, -0.1) is 0 Å². The number of carbonyl (C=O) groups excluding carboxylic acids is 1. The SMILES string of the molecule is C=CC(=O)OC1(c2cc(C)ccc2C)CCCCC1. The van der Waals surface area contributed by atoms with E-state index in [4.69, 9.17) is 4.74 Å². The summed E-state index contributed by atoms with van der Waals surface area (Å²) >= 11 is 0. The fraction of sp³-hybridized carbons (Fsp3) is 0.471. The summed E-state index contributed by atoms with van der Waals surface area (Å²) in [5, 5.41) is 0. The van der Waals surface area contributed by atoms with Gasteiger partial charge in [-0.3, -0.25) is 0 Å². The molecule has 19 heavy (non-hydrogen) atoms. The average molecular weight is 258 g/mol. The minimum absolute atomic E-state index is 0.317. The van der Waals surface area contributed by atoms with Crippen LogP contribution in [0.15, 0.2) is 30.9 Å². The van der Waals surface area contributed by atoms with E-state index in [9.17, 15) is 4.79 Å². The van der Waals surface area contributed by atoms with Gasteiger partial charge in [0.25, 0.3) is 0 Å². The van der Waals surface area contributed by atoms with Gasteiger partial charge in [0.1, 0.15) is 5.60 Å². The molecule has 1 aliphatic carbocycles. The molecule has 1 aromatic rings. The van der Waals surface area contributed by atoms with Crippen LogP contribution in [0.4, 0.5) is 0 Å². The lowest BCUT2D eigenvalue weighted by atomic mass is 9.77. The van der Waals surface area contributed by atoms with Crippen LogP contribution < -0.4 is 0 Å². The molecule has 2 rings (SSSR count). The van der Waals surface area contributed by atoms with Crippen molar-refractivity contribution in [1.82, 2.24) is 0 Å². The Balaban J connectivity index is 2.43. The van der Waals surface area contributed by atoms with Crippen LogP contribution in [-0.4, -0.2) is 5.97 Å². The monoisotopic (exact) mass is 258 g/mol. The topological polar surface area (TPSA) is 26.3 Å². The normalized spacial score (nSPS) is 17.8. The van der Waals surface area contributed by atoms with Crippen molar-refractivity contribution in [3.05, 3.63) is 47.5 Å². The van der Waals surface area contributed by atoms with Crippen molar-refractivity contribution < 1.29 is 9.53 Å². The van der Waals surface area contributed by atoms with Gasteiger partial charge in [-0.05, 0) is 50.7 Å². The lowest BCUT2D eigenvalue weighted by Gasteiger charge is -2.38. The Morgan fingerprint density at radius 1 is 1.26 bits per heavy atom. The van der Waals surface area contributed by atoms with Crippen molar-refractivity contribution in [2.45, 2.75) is 51.6 Å². The van der Waals surface area contributed by atoms with Crippen molar-refractivity contribution in [1.29, 1.82) is 0 Å². The van der Waals surface area contributed by atoms with Crippen LogP contribution in [-0.2, 0) is 15.1 Å². The van der Waals surface area contributed by atoms with Gasteiger partial charge >= 0.3 is 5.97 Å². The summed E-state index contributed by atoms with van der Waals surface area (Å²) in [6, 6.07) is 6.38. The Hall–Kier alpha value is -1.57. The molecule has 0 aromatic heterocycles. The quantitative estimate of drug-likeness (QED) is 0.600. The molecular weight excluding hydrogens is 236 g/mol. The van der Waals surface area contributed by atoms with Crippen LogP contribution in [0.25, 0.3) is 0 Å². The van der Waals surface area contributed by atoms with Gasteiger partial charge in [0, 0.05) is 6.08 Å². The molecular formula is C17H22O2. The van der Waals surface area contributed by atoms with Gasteiger partial charge in [-0.2, -0.15) is 0 Å². The number of benzene rings is 1. The Labute approximate surface area is 115 Å². The van der Waals surface area contributed by atoms with Gasteiger partial charge in [0.2, 0.25) is 0 Å². The van der Waals surface area contributed by atoms with Crippen LogP contribution in [0, 0.1) is 13.8 Å². The van der Waals surface area contributed by atoms with Gasteiger partial charge in [-0.25, -0.2) is 4.79 Å². The minimum atomic E-state index is -0.445. The van der Waals surface area contributed by atoms with Gasteiger partial charge in [0.05, 0.1) is 0 Å². The smallest absolute Gasteiger partial charge is 0.331 e. The third-order valence-electron chi connectivity index (χ3n) is 4.01. The molecule has 1 saturated carbocycles. The Kier molecular flexibility index (Phi) is 4.08. The first kappa shape index (κ1) is 13.9. The molecule has 1 fully saturated rings. The van der Waals surface area contributed by atoms with E-state index in [2.05, 4.69) is 38.6 Å². The Morgan fingerprint density at radius 3 is 2.58 bits per heavy atom. The number of hydrogen-bond acceptors (Lipinski definition) is 2. The second kappa shape index (κ2) is 5.60. The molecule has 102 valence electrons.